The molecule has 0 radical (unpaired) electrons. The Morgan fingerprint density at radius 1 is 0.218 bits per heavy atom. The molecule has 7 aromatic carbocycles. The van der Waals surface area contributed by atoms with Gasteiger partial charge in [0, 0.05) is 61.2 Å². The van der Waals surface area contributed by atoms with Gasteiger partial charge in [0.15, 0.2) is 46.3 Å². The summed E-state index contributed by atoms with van der Waals surface area (Å²) in [6.07, 6.45) is 3.51. The Morgan fingerprint density at radius 2 is 0.394 bits per heavy atom. The Kier molecular flexibility index (Phi) is 42.9. The average molecular weight is 2270 g/mol. The predicted molar refractivity (Wildman–Crippen MR) is 501 cm³/mol. The first-order valence-corrected chi connectivity index (χ1v) is 52.6. The second-order valence-electron chi connectivity index (χ2n) is 37.4. The second-order valence-corrected chi connectivity index (χ2v) is 51.0. The Hall–Kier alpha value is -9.69. The number of alkyl halides is 9. The van der Waals surface area contributed by atoms with Crippen LogP contribution in [0.3, 0.4) is 0 Å². The van der Waals surface area contributed by atoms with Gasteiger partial charge in [0.1, 0.15) is 52.4 Å². The van der Waals surface area contributed by atoms with Gasteiger partial charge in [-0.05, 0) is 72.8 Å². The van der Waals surface area contributed by atoms with Crippen molar-refractivity contribution in [2.75, 3.05) is 58.1 Å². The van der Waals surface area contributed by atoms with E-state index in [9.17, 15) is 176 Å². The molecule has 28 nitrogen and oxygen atoms in total. The van der Waals surface area contributed by atoms with Crippen LogP contribution < -0.4 is 33.1 Å². The number of hydrogen-bond donors (Lipinski definition) is 7. The van der Waals surface area contributed by atoms with Crippen molar-refractivity contribution in [1.29, 1.82) is 0 Å². The Morgan fingerprint density at radius 3 is 0.627 bits per heavy atom. The van der Waals surface area contributed by atoms with Crippen LogP contribution >= 0.6 is 46.4 Å². The molecule has 0 spiro atoms. The number of halogens is 23. The standard InChI is InChI=1S/2C12H12ClF4NO3S.2C12H15ClFNO3S.C12H12F5NO3S.2C12H15F2NO3S/c1-11(2,3)10(19)6-4-9(7(13)5-8(6)14)18-22(20,21)12(15,16)17;1-11(2,3)10(19)6-4-9(8(14)5-7(6)13)18-22(20,21)12(15,16)17;1-12(2,3)11(16)7-5-10(15-19(4,17)18)8(13)6-9(7)14;1-12(2,3)11(16)7-5-10(15-19(4,17)18)9(14)6-8(7)13;1-11(2,3)10(19)6-4-9(8(14)5-7(6)13)18-22(20,21)12(15,16)17;1-12(2,3)11(16)7-5-10(15-19(4,17)18)9(14)6-8(7)13;1-12(2,3)11(16)9-7(13)5-6-8(10(9)14)15-19(4,17)18/h2*4-5,18H,1-3H3;2*5-6,15H,1-4H3;4-5,18H,1-3H3;2*5-6,15H,1-4H3. The third kappa shape index (κ3) is 39.4. The fourth-order valence-corrected chi connectivity index (χ4v) is 14.8. The van der Waals surface area contributed by atoms with Crippen LogP contribution in [0.2, 0.25) is 20.1 Å². The molecule has 0 fully saturated rings. The molecule has 58 heteroatoms. The smallest absolute Gasteiger partial charge is 0.294 e. The summed E-state index contributed by atoms with van der Waals surface area (Å²) in [6.45, 7) is 32.6. The van der Waals surface area contributed by atoms with E-state index in [0.29, 0.717) is 36.4 Å². The lowest BCUT2D eigenvalue weighted by atomic mass is 9.86. The van der Waals surface area contributed by atoms with E-state index in [0.717, 1.165) is 76.9 Å². The molecule has 0 saturated carbocycles. The first kappa shape index (κ1) is 130. The summed E-state index contributed by atoms with van der Waals surface area (Å²) in [4.78, 5) is 84.2. The maximum absolute atomic E-state index is 14.1. The number of benzene rings is 7. The van der Waals surface area contributed by atoms with Crippen LogP contribution in [-0.2, 0) is 70.2 Å². The fourth-order valence-electron chi connectivity index (χ4n) is 9.85. The van der Waals surface area contributed by atoms with Crippen molar-refractivity contribution in [2.24, 2.45) is 37.9 Å². The average Bonchev–Trinajstić information content (AvgIpc) is 0.777. The number of Topliss-reactive ketones (excluding diaryl/α,β-unsaturated/α-hetero) is 7. The zero-order valence-corrected chi connectivity index (χ0v) is 87.9. The lowest BCUT2D eigenvalue weighted by molar-refractivity contribution is -0.0435. The number of ketones is 7. The lowest BCUT2D eigenvalue weighted by Crippen LogP contribution is -2.30. The monoisotopic (exact) mass is 2260 g/mol. The van der Waals surface area contributed by atoms with Crippen molar-refractivity contribution >= 4 is 197 Å². The summed E-state index contributed by atoms with van der Waals surface area (Å²) in [7, 11) is -32.1. The van der Waals surface area contributed by atoms with Crippen molar-refractivity contribution < 1.29 is 176 Å². The lowest BCUT2D eigenvalue weighted by Gasteiger charge is -2.19. The molecule has 0 aliphatic rings. The quantitative estimate of drug-likeness (QED) is 0.0259. The first-order chi connectivity index (χ1) is 62.7. The number of carbonyl (C=O) groups excluding carboxylic acids is 7. The molecule has 142 heavy (non-hydrogen) atoms. The predicted octanol–water partition coefficient (Wildman–Crippen LogP) is 22.7. The van der Waals surface area contributed by atoms with Gasteiger partial charge in [-0.15, -0.1) is 0 Å². The van der Waals surface area contributed by atoms with E-state index >= 15 is 0 Å². The van der Waals surface area contributed by atoms with Gasteiger partial charge in [-0.25, -0.2) is 77.6 Å². The van der Waals surface area contributed by atoms with Gasteiger partial charge in [-0.2, -0.15) is 64.8 Å². The number of hydrogen-bond acceptors (Lipinski definition) is 21. The van der Waals surface area contributed by atoms with E-state index < -0.39 is 268 Å². The van der Waals surface area contributed by atoms with E-state index in [4.69, 9.17) is 46.4 Å². The highest BCUT2D eigenvalue weighted by Gasteiger charge is 2.49. The van der Waals surface area contributed by atoms with E-state index in [-0.39, 0.29) is 60.5 Å². The molecule has 0 amide bonds. The Balaban J connectivity index is 0.000000829. The molecular weight excluding hydrogens is 2170 g/mol. The molecule has 0 saturated heterocycles. The third-order valence-corrected chi connectivity index (χ3v) is 23.6. The highest BCUT2D eigenvalue weighted by molar-refractivity contribution is 7.94. The minimum absolute atomic E-state index is 0.0156. The molecule has 0 heterocycles. The summed E-state index contributed by atoms with van der Waals surface area (Å²) in [5.41, 5.74) is -30.1. The van der Waals surface area contributed by atoms with Gasteiger partial charge in [-0.1, -0.05) is 192 Å². The Bertz CT molecular complexity index is 6290. The summed E-state index contributed by atoms with van der Waals surface area (Å²) >= 11 is 22.8. The second kappa shape index (κ2) is 46.8. The SMILES string of the molecule is CC(C)(C)C(=O)c1c(F)ccc(NS(C)(=O)=O)c1F.CC(C)(C)C(=O)c1cc(NS(=O)(=O)C(F)(F)F)c(Cl)cc1F.CC(C)(C)C(=O)c1cc(NS(=O)(=O)C(F)(F)F)c(F)cc1Cl.CC(C)(C)C(=O)c1cc(NS(=O)(=O)C(F)(F)F)c(F)cc1F.CC(C)(C)C(=O)c1cc(NS(C)(=O)=O)c(Cl)cc1F.CC(C)(C)C(=O)c1cc(NS(C)(=O)=O)c(F)cc1Cl.CC(C)(C)C(=O)c1cc(NS(C)(=O)=O)c(F)cc1F. The largest absolute Gasteiger partial charge is 0.516 e. The molecule has 0 aliphatic heterocycles. The number of rotatable bonds is 21. The molecule has 0 atom stereocenters. The van der Waals surface area contributed by atoms with Crippen LogP contribution in [0.1, 0.15) is 218 Å². The third-order valence-electron chi connectivity index (χ3n) is 16.7. The summed E-state index contributed by atoms with van der Waals surface area (Å²) in [5, 5.41) is -1.08. The minimum atomic E-state index is -5.89. The number of nitrogens with one attached hydrogen (secondary N) is 7. The minimum Gasteiger partial charge on any atom is -0.294 e. The normalized spacial score (nSPS) is 12.7. The van der Waals surface area contributed by atoms with Crippen molar-refractivity contribution in [2.45, 2.75) is 162 Å². The van der Waals surface area contributed by atoms with Crippen molar-refractivity contribution in [3.8, 4) is 0 Å². The number of sulfonamides is 7. The Labute approximate surface area is 827 Å². The van der Waals surface area contributed by atoms with Gasteiger partial charge in [0.25, 0.3) is 0 Å². The number of carbonyl (C=O) groups is 7. The van der Waals surface area contributed by atoms with Crippen LogP contribution in [-0.4, -0.2) is 141 Å². The van der Waals surface area contributed by atoms with E-state index in [1.54, 1.807) is 62.3 Å². The summed E-state index contributed by atoms with van der Waals surface area (Å²) in [5.74, 6) is -15.3. The van der Waals surface area contributed by atoms with Crippen LogP contribution in [0.25, 0.3) is 0 Å². The summed E-state index contributed by atoms with van der Waals surface area (Å²) < 4.78 is 413. The highest BCUT2D eigenvalue weighted by atomic mass is 35.5. The van der Waals surface area contributed by atoms with Gasteiger partial charge < -0.3 is 0 Å². The van der Waals surface area contributed by atoms with Gasteiger partial charge in [-0.3, -0.25) is 66.6 Å². The molecular formula is C84H96Cl4F19N7O21S7. The van der Waals surface area contributed by atoms with E-state index in [1.165, 1.54) is 87.8 Å². The number of anilines is 7. The van der Waals surface area contributed by atoms with Crippen molar-refractivity contribution in [3.05, 3.63) is 202 Å². The zero-order chi connectivity index (χ0) is 113. The highest BCUT2D eigenvalue weighted by Crippen LogP contribution is 2.40. The van der Waals surface area contributed by atoms with Gasteiger partial charge in [0.05, 0.1) is 113 Å². The molecule has 7 aromatic rings. The van der Waals surface area contributed by atoms with Crippen molar-refractivity contribution in [1.82, 2.24) is 0 Å². The van der Waals surface area contributed by atoms with E-state index in [1.807, 2.05) is 14.2 Å². The molecule has 0 unspecified atom stereocenters. The maximum Gasteiger partial charge on any atom is 0.516 e. The van der Waals surface area contributed by atoms with Crippen LogP contribution in [0, 0.1) is 96.1 Å². The van der Waals surface area contributed by atoms with Crippen molar-refractivity contribution in [3.63, 3.8) is 0 Å². The van der Waals surface area contributed by atoms with Gasteiger partial charge in [0.2, 0.25) is 40.1 Å². The molecule has 796 valence electrons. The molecule has 7 rings (SSSR count). The topological polar surface area (TPSA) is 443 Å². The first-order valence-electron chi connectivity index (χ1n) is 39.1. The molecule has 7 N–H and O–H groups in total. The van der Waals surface area contributed by atoms with Crippen LogP contribution in [0.15, 0.2) is 84.9 Å². The molecule has 0 aliphatic carbocycles. The van der Waals surface area contributed by atoms with Crippen LogP contribution in [0.4, 0.5) is 123 Å². The van der Waals surface area contributed by atoms with Gasteiger partial charge >= 0.3 is 46.6 Å². The van der Waals surface area contributed by atoms with E-state index in [2.05, 4.69) is 4.72 Å². The maximum atomic E-state index is 14.1. The summed E-state index contributed by atoms with van der Waals surface area (Å²) in [6, 6.07) is 10.2. The van der Waals surface area contributed by atoms with Crippen LogP contribution in [0.5, 0.6) is 0 Å². The fraction of sp³-hybridized carbons (Fsp3) is 0.417. The zero-order valence-electron chi connectivity index (χ0n) is 79.2. The molecule has 0 aromatic heterocycles. The molecule has 0 bridgehead atoms.